The molecule has 12 heteroatoms. The predicted molar refractivity (Wildman–Crippen MR) is 106 cm³/mol. The highest BCUT2D eigenvalue weighted by atomic mass is 32.2. The van der Waals surface area contributed by atoms with Crippen molar-refractivity contribution in [2.45, 2.75) is 25.6 Å². The number of aromatic nitrogens is 3. The third kappa shape index (κ3) is 5.37. The van der Waals surface area contributed by atoms with Crippen molar-refractivity contribution in [3.05, 3.63) is 53.9 Å². The Hall–Kier alpha value is -3.46. The molecule has 0 aliphatic rings. The van der Waals surface area contributed by atoms with Gasteiger partial charge >= 0.3 is 6.18 Å². The Morgan fingerprint density at radius 3 is 2.39 bits per heavy atom. The molecule has 0 radical (unpaired) electrons. The van der Waals surface area contributed by atoms with Gasteiger partial charge < -0.3 is 4.74 Å². The van der Waals surface area contributed by atoms with Gasteiger partial charge in [0.2, 0.25) is 21.9 Å². The SMILES string of the molecule is CCCS(=O)(=O)Nc1nc2ccccc2nc1OC(c1ccc(C#N)nc1)C(F)(F)F. The molecule has 0 aliphatic heterocycles. The summed E-state index contributed by atoms with van der Waals surface area (Å²) in [5.74, 6) is -1.35. The van der Waals surface area contributed by atoms with Crippen molar-refractivity contribution >= 4 is 26.9 Å². The van der Waals surface area contributed by atoms with Crippen molar-refractivity contribution < 1.29 is 26.3 Å². The molecule has 1 atom stereocenters. The molecule has 0 aliphatic carbocycles. The van der Waals surface area contributed by atoms with Crippen LogP contribution in [0.5, 0.6) is 5.88 Å². The quantitative estimate of drug-likeness (QED) is 0.581. The summed E-state index contributed by atoms with van der Waals surface area (Å²) in [5.41, 5.74) is 0.0366. The maximum Gasteiger partial charge on any atom is 0.429 e. The van der Waals surface area contributed by atoms with E-state index in [9.17, 15) is 21.6 Å². The molecule has 1 aromatic carbocycles. The summed E-state index contributed by atoms with van der Waals surface area (Å²) in [6.07, 6.45) is -6.25. The van der Waals surface area contributed by atoms with Crippen LogP contribution in [0.3, 0.4) is 0 Å². The first-order chi connectivity index (χ1) is 14.6. The van der Waals surface area contributed by atoms with E-state index in [4.69, 9.17) is 10.00 Å². The van der Waals surface area contributed by atoms with E-state index < -0.39 is 34.0 Å². The minimum Gasteiger partial charge on any atom is -0.457 e. The van der Waals surface area contributed by atoms with E-state index in [0.29, 0.717) is 0 Å². The number of hydrogen-bond acceptors (Lipinski definition) is 7. The standard InChI is InChI=1S/C19H16F3N5O3S/c1-2-9-31(28,29)27-17-18(26-15-6-4-3-5-14(15)25-17)30-16(19(20,21)22)12-7-8-13(10-23)24-11-12/h3-8,11,16H,2,9H2,1H3,(H,25,27). The monoisotopic (exact) mass is 451 g/mol. The van der Waals surface area contributed by atoms with Crippen molar-refractivity contribution in [2.24, 2.45) is 0 Å². The van der Waals surface area contributed by atoms with Crippen LogP contribution in [0.4, 0.5) is 19.0 Å². The Bertz CT molecular complexity index is 1230. The van der Waals surface area contributed by atoms with Gasteiger partial charge in [0.15, 0.2) is 0 Å². The van der Waals surface area contributed by atoms with E-state index in [1.807, 2.05) is 0 Å². The first-order valence-electron chi connectivity index (χ1n) is 8.99. The number of sulfonamides is 1. The minimum atomic E-state index is -4.89. The number of hydrogen-bond donors (Lipinski definition) is 1. The number of para-hydroxylation sites is 2. The lowest BCUT2D eigenvalue weighted by molar-refractivity contribution is -0.198. The maximum absolute atomic E-state index is 13.8. The molecule has 0 saturated heterocycles. The van der Waals surface area contributed by atoms with Gasteiger partial charge in [0.05, 0.1) is 16.8 Å². The van der Waals surface area contributed by atoms with Crippen molar-refractivity contribution in [3.8, 4) is 11.9 Å². The van der Waals surface area contributed by atoms with Gasteiger partial charge in [-0.05, 0) is 24.6 Å². The summed E-state index contributed by atoms with van der Waals surface area (Å²) < 4.78 is 73.1. The number of benzene rings is 1. The van der Waals surface area contributed by atoms with E-state index in [1.54, 1.807) is 25.1 Å². The lowest BCUT2D eigenvalue weighted by Crippen LogP contribution is -2.27. The molecular formula is C19H16F3N5O3S. The van der Waals surface area contributed by atoms with Gasteiger partial charge in [0.25, 0.3) is 5.88 Å². The molecule has 1 N–H and O–H groups in total. The summed E-state index contributed by atoms with van der Waals surface area (Å²) in [4.78, 5) is 11.8. The van der Waals surface area contributed by atoms with Gasteiger partial charge in [-0.3, -0.25) is 4.72 Å². The lowest BCUT2D eigenvalue weighted by atomic mass is 10.1. The van der Waals surface area contributed by atoms with E-state index in [-0.39, 0.29) is 34.5 Å². The summed E-state index contributed by atoms with van der Waals surface area (Å²) in [6.45, 7) is 1.64. The minimum absolute atomic E-state index is 0.0665. The molecule has 0 spiro atoms. The Balaban J connectivity index is 2.09. The van der Waals surface area contributed by atoms with Gasteiger partial charge in [0.1, 0.15) is 11.8 Å². The molecular weight excluding hydrogens is 435 g/mol. The fourth-order valence-corrected chi connectivity index (χ4v) is 3.73. The van der Waals surface area contributed by atoms with Crippen LogP contribution in [0.1, 0.15) is 30.7 Å². The Morgan fingerprint density at radius 1 is 1.16 bits per heavy atom. The first-order valence-corrected chi connectivity index (χ1v) is 10.6. The zero-order valence-electron chi connectivity index (χ0n) is 16.1. The largest absolute Gasteiger partial charge is 0.457 e. The first kappa shape index (κ1) is 22.2. The number of nitriles is 1. The fraction of sp³-hybridized carbons (Fsp3) is 0.263. The third-order valence-corrected chi connectivity index (χ3v) is 5.44. The van der Waals surface area contributed by atoms with Gasteiger partial charge in [-0.25, -0.2) is 23.4 Å². The number of ether oxygens (including phenoxy) is 1. The average molecular weight is 451 g/mol. The summed E-state index contributed by atoms with van der Waals surface area (Å²) in [5, 5.41) is 8.80. The van der Waals surface area contributed by atoms with Gasteiger partial charge in [-0.1, -0.05) is 25.1 Å². The van der Waals surface area contributed by atoms with Crippen LogP contribution in [0.25, 0.3) is 11.0 Å². The number of fused-ring (bicyclic) bond motifs is 1. The molecule has 0 saturated carbocycles. The molecule has 0 fully saturated rings. The highest BCUT2D eigenvalue weighted by Gasteiger charge is 2.44. The van der Waals surface area contributed by atoms with Crippen LogP contribution in [-0.4, -0.2) is 35.3 Å². The normalized spacial score (nSPS) is 12.9. The van der Waals surface area contributed by atoms with Gasteiger partial charge in [-0.15, -0.1) is 0 Å². The Kier molecular flexibility index (Phi) is 6.26. The fourth-order valence-electron chi connectivity index (χ4n) is 2.66. The second-order valence-electron chi connectivity index (χ2n) is 6.42. The van der Waals surface area contributed by atoms with E-state index >= 15 is 0 Å². The summed E-state index contributed by atoms with van der Waals surface area (Å²) in [7, 11) is -3.88. The molecule has 2 heterocycles. The zero-order chi connectivity index (χ0) is 22.6. The molecule has 2 aromatic heterocycles. The van der Waals surface area contributed by atoms with Crippen molar-refractivity contribution in [2.75, 3.05) is 10.5 Å². The number of rotatable bonds is 7. The van der Waals surface area contributed by atoms with Crippen LogP contribution < -0.4 is 9.46 Å². The third-order valence-electron chi connectivity index (χ3n) is 3.99. The second-order valence-corrected chi connectivity index (χ2v) is 8.26. The number of pyridine rings is 1. The lowest BCUT2D eigenvalue weighted by Gasteiger charge is -2.22. The molecule has 8 nitrogen and oxygen atoms in total. The van der Waals surface area contributed by atoms with Crippen LogP contribution in [0.2, 0.25) is 0 Å². The van der Waals surface area contributed by atoms with E-state index in [1.165, 1.54) is 12.1 Å². The number of halogens is 3. The van der Waals surface area contributed by atoms with Gasteiger partial charge in [-0.2, -0.15) is 18.4 Å². The molecule has 1 unspecified atom stereocenters. The number of alkyl halides is 3. The van der Waals surface area contributed by atoms with Crippen molar-refractivity contribution in [3.63, 3.8) is 0 Å². The van der Waals surface area contributed by atoms with Crippen LogP contribution in [-0.2, 0) is 10.0 Å². The van der Waals surface area contributed by atoms with Crippen LogP contribution >= 0.6 is 0 Å². The topological polar surface area (TPSA) is 118 Å². The van der Waals surface area contributed by atoms with E-state index in [2.05, 4.69) is 19.7 Å². The Morgan fingerprint density at radius 2 is 1.84 bits per heavy atom. The smallest absolute Gasteiger partial charge is 0.429 e. The second kappa shape index (κ2) is 8.73. The molecule has 0 amide bonds. The van der Waals surface area contributed by atoms with Crippen molar-refractivity contribution in [1.29, 1.82) is 5.26 Å². The van der Waals surface area contributed by atoms with E-state index in [0.717, 1.165) is 18.3 Å². The zero-order valence-corrected chi connectivity index (χ0v) is 16.9. The van der Waals surface area contributed by atoms with Crippen LogP contribution in [0.15, 0.2) is 42.6 Å². The molecule has 3 rings (SSSR count). The molecule has 0 bridgehead atoms. The van der Waals surface area contributed by atoms with Crippen LogP contribution in [0, 0.1) is 11.3 Å². The number of nitrogens with zero attached hydrogens (tertiary/aromatic N) is 4. The summed E-state index contributed by atoms with van der Waals surface area (Å²) >= 11 is 0. The highest BCUT2D eigenvalue weighted by Crippen LogP contribution is 2.38. The van der Waals surface area contributed by atoms with Gasteiger partial charge in [0, 0.05) is 11.8 Å². The Labute approximate surface area is 175 Å². The summed E-state index contributed by atoms with van der Waals surface area (Å²) in [6, 6.07) is 10.2. The molecule has 162 valence electrons. The highest BCUT2D eigenvalue weighted by molar-refractivity contribution is 7.92. The average Bonchev–Trinajstić information content (AvgIpc) is 2.71. The van der Waals surface area contributed by atoms with Crippen molar-refractivity contribution in [1.82, 2.24) is 15.0 Å². The predicted octanol–water partition coefficient (Wildman–Crippen LogP) is 3.73. The molecule has 3 aromatic rings. The molecule has 31 heavy (non-hydrogen) atoms. The number of anilines is 1. The number of nitrogens with one attached hydrogen (secondary N) is 1. The maximum atomic E-state index is 13.8.